The third-order valence-electron chi connectivity index (χ3n) is 4.63. The molecule has 0 atom stereocenters. The minimum Gasteiger partial charge on any atom is -0.487 e. The highest BCUT2D eigenvalue weighted by molar-refractivity contribution is 9.10. The molecule has 6 heteroatoms. The molecule has 0 N–H and O–H groups in total. The van der Waals surface area contributed by atoms with Crippen LogP contribution in [0.4, 0.5) is 4.39 Å². The number of ether oxygens (including phenoxy) is 1. The van der Waals surface area contributed by atoms with Gasteiger partial charge in [0.2, 0.25) is 0 Å². The number of hydrogen-bond acceptors (Lipinski definition) is 3. The summed E-state index contributed by atoms with van der Waals surface area (Å²) in [6, 6.07) is 13.0. The average molecular weight is 424 g/mol. The van der Waals surface area contributed by atoms with E-state index < -0.39 is 11.2 Å². The topological polar surface area (TPSA) is 45.9 Å². The lowest BCUT2D eigenvalue weighted by Gasteiger charge is -2.35. The van der Waals surface area contributed by atoms with Gasteiger partial charge in [-0.05, 0) is 65.9 Å². The molecule has 0 aliphatic heterocycles. The fourth-order valence-corrected chi connectivity index (χ4v) is 3.79. The summed E-state index contributed by atoms with van der Waals surface area (Å²) in [5.41, 5.74) is 0.455. The molecule has 0 amide bonds. The van der Waals surface area contributed by atoms with E-state index in [0.29, 0.717) is 32.1 Å². The van der Waals surface area contributed by atoms with Gasteiger partial charge in [-0.25, -0.2) is 9.37 Å². The normalized spacial score (nSPS) is 23.0. The summed E-state index contributed by atoms with van der Waals surface area (Å²) >= 11 is 9.16. The number of hydrogen-bond donors (Lipinski definition) is 0. The molecule has 3 rings (SSSR count). The molecular weight excluding hydrogens is 407 g/mol. The van der Waals surface area contributed by atoms with Gasteiger partial charge in [-0.15, -0.1) is 0 Å². The molecular formula is C19H17BrClFN2O. The number of aromatic nitrogens is 1. The fourth-order valence-electron chi connectivity index (χ4n) is 3.24. The first kappa shape index (κ1) is 18.2. The van der Waals surface area contributed by atoms with E-state index in [1.54, 1.807) is 12.1 Å². The van der Waals surface area contributed by atoms with E-state index in [2.05, 4.69) is 27.0 Å². The largest absolute Gasteiger partial charge is 0.487 e. The number of rotatable bonds is 4. The van der Waals surface area contributed by atoms with E-state index in [0.717, 1.165) is 10.3 Å². The molecule has 1 aliphatic carbocycles. The molecule has 0 bridgehead atoms. The molecule has 25 heavy (non-hydrogen) atoms. The predicted octanol–water partition coefficient (Wildman–Crippen LogP) is 5.71. The van der Waals surface area contributed by atoms with E-state index in [4.69, 9.17) is 16.3 Å². The van der Waals surface area contributed by atoms with E-state index >= 15 is 0 Å². The summed E-state index contributed by atoms with van der Waals surface area (Å²) in [5, 5.41) is 9.78. The molecule has 130 valence electrons. The second-order valence-corrected chi connectivity index (χ2v) is 7.61. The predicted molar refractivity (Wildman–Crippen MR) is 98.0 cm³/mol. The summed E-state index contributed by atoms with van der Waals surface area (Å²) in [7, 11) is 0. The van der Waals surface area contributed by atoms with Gasteiger partial charge >= 0.3 is 0 Å². The Morgan fingerprint density at radius 3 is 2.68 bits per heavy atom. The number of halogens is 3. The Kier molecular flexibility index (Phi) is 5.61. The molecule has 1 heterocycles. The Hall–Kier alpha value is -1.64. The van der Waals surface area contributed by atoms with E-state index in [-0.39, 0.29) is 16.9 Å². The average Bonchev–Trinajstić information content (AvgIpc) is 2.61. The van der Waals surface area contributed by atoms with E-state index in [1.807, 2.05) is 18.2 Å². The molecule has 0 unspecified atom stereocenters. The first-order valence-electron chi connectivity index (χ1n) is 8.15. The van der Waals surface area contributed by atoms with Crippen LogP contribution >= 0.6 is 27.5 Å². The zero-order chi connectivity index (χ0) is 17.9. The van der Waals surface area contributed by atoms with Gasteiger partial charge in [0.15, 0.2) is 11.6 Å². The van der Waals surface area contributed by atoms with Gasteiger partial charge in [0.1, 0.15) is 4.60 Å². The highest BCUT2D eigenvalue weighted by Gasteiger charge is 2.37. The zero-order valence-corrected chi connectivity index (χ0v) is 15.9. The van der Waals surface area contributed by atoms with Crippen LogP contribution in [0.15, 0.2) is 41.0 Å². The van der Waals surface area contributed by atoms with Gasteiger partial charge < -0.3 is 4.74 Å². The van der Waals surface area contributed by atoms with Crippen LogP contribution in [0.1, 0.15) is 31.4 Å². The van der Waals surface area contributed by atoms with Crippen LogP contribution in [0.5, 0.6) is 5.75 Å². The SMILES string of the molecule is N#C[C@]1(Cc2cccc(Br)n2)CC[C@@H](Oc2cccc(Cl)c2F)CC1. The summed E-state index contributed by atoms with van der Waals surface area (Å²) < 4.78 is 20.5. The maximum atomic E-state index is 14.0. The van der Waals surface area contributed by atoms with Gasteiger partial charge in [0.05, 0.1) is 22.6 Å². The molecule has 3 nitrogen and oxygen atoms in total. The van der Waals surface area contributed by atoms with Gasteiger partial charge in [-0.3, -0.25) is 0 Å². The minimum atomic E-state index is -0.528. The fraction of sp³-hybridized carbons (Fsp3) is 0.368. The van der Waals surface area contributed by atoms with Crippen LogP contribution in [0.25, 0.3) is 0 Å². The second kappa shape index (κ2) is 7.72. The summed E-state index contributed by atoms with van der Waals surface area (Å²) in [6.07, 6.45) is 3.31. The molecule has 2 aromatic rings. The maximum absolute atomic E-state index is 14.0. The standard InChI is InChI=1S/C19H17BrClFN2O/c20-17-6-1-3-13(24-17)11-19(12-23)9-7-14(8-10-19)25-16-5-2-4-15(21)18(16)22/h1-6,14H,7-11H2/t14-,19-. The number of nitriles is 1. The quantitative estimate of drug-likeness (QED) is 0.592. The first-order chi connectivity index (χ1) is 12.0. The van der Waals surface area contributed by atoms with E-state index in [9.17, 15) is 9.65 Å². The molecule has 1 aromatic heterocycles. The third kappa shape index (κ3) is 4.31. The van der Waals surface area contributed by atoms with Crippen molar-refractivity contribution < 1.29 is 9.13 Å². The van der Waals surface area contributed by atoms with Crippen molar-refractivity contribution in [3.8, 4) is 11.8 Å². The molecule has 0 spiro atoms. The number of pyridine rings is 1. The van der Waals surface area contributed by atoms with Crippen molar-refractivity contribution in [2.75, 3.05) is 0 Å². The zero-order valence-electron chi connectivity index (χ0n) is 13.5. The van der Waals surface area contributed by atoms with Crippen LogP contribution in [0.2, 0.25) is 5.02 Å². The lowest BCUT2D eigenvalue weighted by atomic mass is 9.71. The number of benzene rings is 1. The van der Waals surface area contributed by atoms with Crippen molar-refractivity contribution in [2.45, 2.75) is 38.2 Å². The van der Waals surface area contributed by atoms with Gasteiger partial charge in [0.25, 0.3) is 0 Å². The summed E-state index contributed by atoms with van der Waals surface area (Å²) in [4.78, 5) is 4.44. The lowest BCUT2D eigenvalue weighted by molar-refractivity contribution is 0.102. The molecule has 0 saturated heterocycles. The van der Waals surface area contributed by atoms with Crippen molar-refractivity contribution in [1.82, 2.24) is 4.98 Å². The smallest absolute Gasteiger partial charge is 0.183 e. The molecule has 1 aliphatic rings. The van der Waals surface area contributed by atoms with Gasteiger partial charge in [-0.1, -0.05) is 23.7 Å². The highest BCUT2D eigenvalue weighted by atomic mass is 79.9. The van der Waals surface area contributed by atoms with Crippen molar-refractivity contribution in [3.05, 3.63) is 57.5 Å². The van der Waals surface area contributed by atoms with Gasteiger partial charge in [0, 0.05) is 12.1 Å². The van der Waals surface area contributed by atoms with Crippen LogP contribution in [-0.4, -0.2) is 11.1 Å². The maximum Gasteiger partial charge on any atom is 0.183 e. The summed E-state index contributed by atoms with van der Waals surface area (Å²) in [5.74, 6) is -0.352. The third-order valence-corrected chi connectivity index (χ3v) is 5.36. The van der Waals surface area contributed by atoms with Crippen LogP contribution in [0.3, 0.4) is 0 Å². The monoisotopic (exact) mass is 422 g/mol. The molecule has 1 aromatic carbocycles. The Labute approximate surface area is 159 Å². The van der Waals surface area contributed by atoms with Crippen molar-refractivity contribution in [3.63, 3.8) is 0 Å². The molecule has 0 radical (unpaired) electrons. The van der Waals surface area contributed by atoms with Crippen LogP contribution in [0, 0.1) is 22.6 Å². The first-order valence-corrected chi connectivity index (χ1v) is 9.32. The van der Waals surface area contributed by atoms with Crippen molar-refractivity contribution in [2.24, 2.45) is 5.41 Å². The Morgan fingerprint density at radius 1 is 1.28 bits per heavy atom. The van der Waals surface area contributed by atoms with E-state index in [1.165, 1.54) is 6.07 Å². The van der Waals surface area contributed by atoms with Crippen LogP contribution < -0.4 is 4.74 Å². The highest BCUT2D eigenvalue weighted by Crippen LogP contribution is 2.40. The Bertz CT molecular complexity index is 800. The molecule has 1 fully saturated rings. The van der Waals surface area contributed by atoms with Crippen LogP contribution in [-0.2, 0) is 6.42 Å². The number of nitrogens with zero attached hydrogens (tertiary/aromatic N) is 2. The van der Waals surface area contributed by atoms with Gasteiger partial charge in [-0.2, -0.15) is 5.26 Å². The van der Waals surface area contributed by atoms with Crippen molar-refractivity contribution >= 4 is 27.5 Å². The Balaban J connectivity index is 1.65. The lowest BCUT2D eigenvalue weighted by Crippen LogP contribution is -2.33. The molecule has 1 saturated carbocycles. The van der Waals surface area contributed by atoms with Crippen molar-refractivity contribution in [1.29, 1.82) is 5.26 Å². The Morgan fingerprint density at radius 2 is 2.00 bits per heavy atom. The minimum absolute atomic E-state index is 0.0559. The summed E-state index contributed by atoms with van der Waals surface area (Å²) in [6.45, 7) is 0. The second-order valence-electron chi connectivity index (χ2n) is 6.39.